The number of benzene rings is 1. The molecule has 0 aliphatic heterocycles. The molecule has 0 saturated heterocycles. The summed E-state index contributed by atoms with van der Waals surface area (Å²) in [6, 6.07) is 8.09. The molecule has 5 heteroatoms. The molecular weight excluding hydrogens is 268 g/mol. The molecule has 0 fully saturated rings. The number of hydrogen-bond donors (Lipinski definition) is 2. The lowest BCUT2D eigenvalue weighted by atomic mass is 9.96. The van der Waals surface area contributed by atoms with E-state index in [4.69, 9.17) is 4.74 Å². The molecule has 0 radical (unpaired) electrons. The Bertz CT molecular complexity index is 500. The fourth-order valence-electron chi connectivity index (χ4n) is 1.71. The van der Waals surface area contributed by atoms with E-state index >= 15 is 0 Å². The van der Waals surface area contributed by atoms with E-state index in [2.05, 4.69) is 17.4 Å². The highest BCUT2D eigenvalue weighted by Crippen LogP contribution is 2.13. The average Bonchev–Trinajstić information content (AvgIpc) is 2.48. The van der Waals surface area contributed by atoms with Crippen LogP contribution in [-0.2, 0) is 9.53 Å². The van der Waals surface area contributed by atoms with Crippen LogP contribution in [0.1, 0.15) is 31.1 Å². The molecule has 1 aromatic carbocycles. The van der Waals surface area contributed by atoms with E-state index in [9.17, 15) is 9.59 Å². The number of carbonyl (C=O) groups is 2. The van der Waals surface area contributed by atoms with E-state index in [0.717, 1.165) is 5.57 Å². The second-order valence-electron chi connectivity index (χ2n) is 4.83. The lowest BCUT2D eigenvalue weighted by Crippen LogP contribution is -2.52. The number of hydrazine groups is 1. The predicted octanol–water partition coefficient (Wildman–Crippen LogP) is 2.06. The van der Waals surface area contributed by atoms with Gasteiger partial charge in [0.2, 0.25) is 0 Å². The molecule has 1 amide bonds. The molecule has 21 heavy (non-hydrogen) atoms. The van der Waals surface area contributed by atoms with Gasteiger partial charge < -0.3 is 4.74 Å². The summed E-state index contributed by atoms with van der Waals surface area (Å²) in [5.41, 5.74) is 6.63. The molecule has 2 N–H and O–H groups in total. The first-order chi connectivity index (χ1) is 9.97. The Morgan fingerprint density at radius 1 is 1.29 bits per heavy atom. The Labute approximate surface area is 125 Å². The van der Waals surface area contributed by atoms with Gasteiger partial charge in [-0.3, -0.25) is 15.0 Å². The summed E-state index contributed by atoms with van der Waals surface area (Å²) in [7, 11) is 0. The van der Waals surface area contributed by atoms with Crippen molar-refractivity contribution < 1.29 is 14.3 Å². The van der Waals surface area contributed by atoms with Crippen LogP contribution in [0, 0.1) is 5.92 Å². The standard InChI is InChI=1S/C16H22N2O3/c1-5-21-16(20)14(12(4)11(2)3)17-18-15(19)13-9-7-6-8-10-13/h6-10,12,14,17H,2,5H2,1,3-4H3,(H,18,19)/t12-,14+/m0/s1. The fourth-order valence-corrected chi connectivity index (χ4v) is 1.71. The summed E-state index contributed by atoms with van der Waals surface area (Å²) < 4.78 is 5.02. The second kappa shape index (κ2) is 8.21. The van der Waals surface area contributed by atoms with Crippen molar-refractivity contribution in [3.63, 3.8) is 0 Å². The number of amides is 1. The minimum atomic E-state index is -0.671. The van der Waals surface area contributed by atoms with Crippen LogP contribution in [0.15, 0.2) is 42.5 Å². The summed E-state index contributed by atoms with van der Waals surface area (Å²) >= 11 is 0. The van der Waals surface area contributed by atoms with Gasteiger partial charge in [-0.1, -0.05) is 37.3 Å². The van der Waals surface area contributed by atoms with Crippen LogP contribution < -0.4 is 10.9 Å². The summed E-state index contributed by atoms with van der Waals surface area (Å²) in [5.74, 6) is -0.889. The topological polar surface area (TPSA) is 67.4 Å². The third-order valence-corrected chi connectivity index (χ3v) is 3.20. The lowest BCUT2D eigenvalue weighted by molar-refractivity contribution is -0.146. The van der Waals surface area contributed by atoms with E-state index in [1.54, 1.807) is 31.2 Å². The van der Waals surface area contributed by atoms with Crippen LogP contribution in [0.2, 0.25) is 0 Å². The average molecular weight is 290 g/mol. The largest absolute Gasteiger partial charge is 0.465 e. The molecule has 5 nitrogen and oxygen atoms in total. The summed E-state index contributed by atoms with van der Waals surface area (Å²) in [6.07, 6.45) is 0. The normalized spacial score (nSPS) is 13.1. The smallest absolute Gasteiger partial charge is 0.325 e. The van der Waals surface area contributed by atoms with Gasteiger partial charge in [-0.2, -0.15) is 0 Å². The molecule has 0 spiro atoms. The van der Waals surface area contributed by atoms with Crippen molar-refractivity contribution in [3.05, 3.63) is 48.0 Å². The minimum absolute atomic E-state index is 0.167. The molecule has 0 bridgehead atoms. The molecular formula is C16H22N2O3. The molecule has 0 unspecified atom stereocenters. The molecule has 1 aromatic rings. The van der Waals surface area contributed by atoms with Gasteiger partial charge in [-0.05, 0) is 26.0 Å². The molecule has 2 atom stereocenters. The van der Waals surface area contributed by atoms with Crippen molar-refractivity contribution in [2.45, 2.75) is 26.8 Å². The van der Waals surface area contributed by atoms with Crippen molar-refractivity contribution in [1.29, 1.82) is 0 Å². The van der Waals surface area contributed by atoms with E-state index in [1.807, 2.05) is 19.9 Å². The first-order valence-corrected chi connectivity index (χ1v) is 6.90. The van der Waals surface area contributed by atoms with Crippen LogP contribution in [0.25, 0.3) is 0 Å². The molecule has 0 aliphatic rings. The van der Waals surface area contributed by atoms with Crippen molar-refractivity contribution in [1.82, 2.24) is 10.9 Å². The van der Waals surface area contributed by atoms with Crippen LogP contribution in [-0.4, -0.2) is 24.5 Å². The summed E-state index contributed by atoms with van der Waals surface area (Å²) in [5, 5.41) is 0. The van der Waals surface area contributed by atoms with E-state index in [1.165, 1.54) is 0 Å². The highest BCUT2D eigenvalue weighted by atomic mass is 16.5. The Balaban J connectivity index is 2.71. The maximum Gasteiger partial charge on any atom is 0.325 e. The number of carbonyl (C=O) groups excluding carboxylic acids is 2. The lowest BCUT2D eigenvalue weighted by Gasteiger charge is -2.24. The van der Waals surface area contributed by atoms with E-state index < -0.39 is 12.0 Å². The predicted molar refractivity (Wildman–Crippen MR) is 81.4 cm³/mol. The Kier molecular flexibility index (Phi) is 6.62. The SMILES string of the molecule is C=C(C)[C@H](C)[C@@H](NNC(=O)c1ccccc1)C(=O)OCC. The quantitative estimate of drug-likeness (QED) is 0.458. The Morgan fingerprint density at radius 2 is 1.90 bits per heavy atom. The number of ether oxygens (including phenoxy) is 1. The van der Waals surface area contributed by atoms with Gasteiger partial charge in [0.05, 0.1) is 6.61 Å². The number of nitrogens with one attached hydrogen (secondary N) is 2. The Hall–Kier alpha value is -2.14. The van der Waals surface area contributed by atoms with Crippen LogP contribution in [0.3, 0.4) is 0 Å². The maximum absolute atomic E-state index is 12.0. The zero-order valence-electron chi connectivity index (χ0n) is 12.7. The van der Waals surface area contributed by atoms with Gasteiger partial charge in [0, 0.05) is 11.5 Å². The molecule has 0 saturated carbocycles. The number of hydrogen-bond acceptors (Lipinski definition) is 4. The molecule has 1 rings (SSSR count). The first-order valence-electron chi connectivity index (χ1n) is 6.90. The number of rotatable bonds is 7. The monoisotopic (exact) mass is 290 g/mol. The molecule has 0 heterocycles. The van der Waals surface area contributed by atoms with Crippen molar-refractivity contribution in [2.75, 3.05) is 6.61 Å². The Morgan fingerprint density at radius 3 is 2.43 bits per heavy atom. The first kappa shape index (κ1) is 16.9. The van der Waals surface area contributed by atoms with Crippen LogP contribution in [0.4, 0.5) is 0 Å². The summed E-state index contributed by atoms with van der Waals surface area (Å²) in [6.45, 7) is 9.55. The van der Waals surface area contributed by atoms with Crippen molar-refractivity contribution in [2.24, 2.45) is 5.92 Å². The zero-order chi connectivity index (χ0) is 15.8. The second-order valence-corrected chi connectivity index (χ2v) is 4.83. The fraction of sp³-hybridized carbons (Fsp3) is 0.375. The van der Waals surface area contributed by atoms with Gasteiger partial charge in [0.15, 0.2) is 0 Å². The molecule has 0 aliphatic carbocycles. The third-order valence-electron chi connectivity index (χ3n) is 3.20. The maximum atomic E-state index is 12.0. The van der Waals surface area contributed by atoms with Crippen LogP contribution in [0.5, 0.6) is 0 Å². The summed E-state index contributed by atoms with van der Waals surface area (Å²) in [4.78, 5) is 23.9. The van der Waals surface area contributed by atoms with Crippen molar-refractivity contribution >= 4 is 11.9 Å². The van der Waals surface area contributed by atoms with E-state index in [-0.39, 0.29) is 18.4 Å². The minimum Gasteiger partial charge on any atom is -0.465 e. The van der Waals surface area contributed by atoms with Gasteiger partial charge >= 0.3 is 5.97 Å². The molecule has 0 aromatic heterocycles. The van der Waals surface area contributed by atoms with Crippen molar-refractivity contribution in [3.8, 4) is 0 Å². The van der Waals surface area contributed by atoms with Gasteiger partial charge in [0.25, 0.3) is 5.91 Å². The highest BCUT2D eigenvalue weighted by molar-refractivity contribution is 5.94. The van der Waals surface area contributed by atoms with Gasteiger partial charge in [-0.25, -0.2) is 5.43 Å². The van der Waals surface area contributed by atoms with Gasteiger partial charge in [0.1, 0.15) is 6.04 Å². The number of esters is 1. The molecule has 114 valence electrons. The van der Waals surface area contributed by atoms with E-state index in [0.29, 0.717) is 5.56 Å². The zero-order valence-corrected chi connectivity index (χ0v) is 12.7. The van der Waals surface area contributed by atoms with Crippen LogP contribution >= 0.6 is 0 Å². The third kappa shape index (κ3) is 5.04. The van der Waals surface area contributed by atoms with Gasteiger partial charge in [-0.15, -0.1) is 0 Å². The highest BCUT2D eigenvalue weighted by Gasteiger charge is 2.27.